The molecule has 2 heterocycles. The van der Waals surface area contributed by atoms with E-state index in [4.69, 9.17) is 0 Å². The largest absolute Gasteiger partial charge is 0.337 e. The van der Waals surface area contributed by atoms with Gasteiger partial charge >= 0.3 is 5.69 Å². The second-order valence-electron chi connectivity index (χ2n) is 8.15. The number of halogens is 1. The maximum Gasteiger partial charge on any atom is 0.337 e. The molecule has 0 aliphatic rings. The van der Waals surface area contributed by atoms with Gasteiger partial charge in [-0.05, 0) is 51.5 Å². The van der Waals surface area contributed by atoms with Gasteiger partial charge in [0.2, 0.25) is 0 Å². The number of aromatic nitrogens is 4. The second-order valence-corrected chi connectivity index (χ2v) is 8.15. The fourth-order valence-corrected chi connectivity index (χ4v) is 3.94. The van der Waals surface area contributed by atoms with E-state index in [0.717, 1.165) is 15.7 Å². The summed E-state index contributed by atoms with van der Waals surface area (Å²) in [4.78, 5) is 43.7. The van der Waals surface area contributed by atoms with Crippen LogP contribution >= 0.6 is 0 Å². The molecule has 164 valence electrons. The number of hydrogen-bond acceptors (Lipinski definition) is 4. The molecule has 0 atom stereocenters. The smallest absolute Gasteiger partial charge is 0.317 e. The van der Waals surface area contributed by atoms with Crippen LogP contribution in [0.25, 0.3) is 16.9 Å². The van der Waals surface area contributed by atoms with Crippen LogP contribution in [-0.4, -0.2) is 24.5 Å². The molecule has 4 aromatic rings. The molecule has 0 aliphatic heterocycles. The standard InChI is InChI=1S/C24H23FN4O3/c1-14(2)28-23(31)21-22(29(24(28)32)18-7-5-6-17(25)11-18)26-13-27(21)12-20(30)19-9-8-15(3)10-16(19)4/h5-11,13-14H,12H2,1-4H3. The minimum absolute atomic E-state index is 0.0796. The van der Waals surface area contributed by atoms with E-state index in [-0.39, 0.29) is 29.2 Å². The SMILES string of the molecule is Cc1ccc(C(=O)Cn2cnc3c2c(=O)n(C(C)C)c(=O)n3-c2cccc(F)c2)c(C)c1. The Morgan fingerprint density at radius 2 is 1.84 bits per heavy atom. The lowest BCUT2D eigenvalue weighted by atomic mass is 10.0. The zero-order valence-electron chi connectivity index (χ0n) is 18.3. The van der Waals surface area contributed by atoms with Crippen LogP contribution in [-0.2, 0) is 6.54 Å². The number of hydrogen-bond donors (Lipinski definition) is 0. The maximum atomic E-state index is 13.9. The minimum atomic E-state index is -0.617. The van der Waals surface area contributed by atoms with Crippen LogP contribution in [0, 0.1) is 19.7 Å². The molecule has 0 fully saturated rings. The third kappa shape index (κ3) is 3.57. The first-order chi connectivity index (χ1) is 15.2. The van der Waals surface area contributed by atoms with E-state index in [9.17, 15) is 18.8 Å². The first-order valence-electron chi connectivity index (χ1n) is 10.3. The van der Waals surface area contributed by atoms with Crippen molar-refractivity contribution in [2.45, 2.75) is 40.3 Å². The minimum Gasteiger partial charge on any atom is -0.317 e. The van der Waals surface area contributed by atoms with Gasteiger partial charge in [0.15, 0.2) is 16.9 Å². The van der Waals surface area contributed by atoms with Crippen LogP contribution in [0.5, 0.6) is 0 Å². The predicted octanol–water partition coefficient (Wildman–Crippen LogP) is 3.57. The molecule has 0 radical (unpaired) electrons. The van der Waals surface area contributed by atoms with Crippen LogP contribution in [0.2, 0.25) is 0 Å². The summed E-state index contributed by atoms with van der Waals surface area (Å²) in [5, 5.41) is 0. The van der Waals surface area contributed by atoms with Crippen LogP contribution in [0.3, 0.4) is 0 Å². The molecular weight excluding hydrogens is 411 g/mol. The Kier molecular flexibility index (Phi) is 5.38. The average molecular weight is 434 g/mol. The number of rotatable bonds is 5. The van der Waals surface area contributed by atoms with Crippen molar-refractivity contribution < 1.29 is 9.18 Å². The molecule has 0 bridgehead atoms. The number of ketones is 1. The van der Waals surface area contributed by atoms with Gasteiger partial charge in [-0.25, -0.2) is 18.7 Å². The van der Waals surface area contributed by atoms with E-state index < -0.39 is 23.1 Å². The van der Waals surface area contributed by atoms with Crippen LogP contribution < -0.4 is 11.2 Å². The van der Waals surface area contributed by atoms with E-state index in [1.54, 1.807) is 26.0 Å². The highest BCUT2D eigenvalue weighted by atomic mass is 19.1. The Hall–Kier alpha value is -3.81. The topological polar surface area (TPSA) is 78.9 Å². The highest BCUT2D eigenvalue weighted by molar-refractivity contribution is 5.98. The van der Waals surface area contributed by atoms with Crippen molar-refractivity contribution in [2.75, 3.05) is 0 Å². The molecule has 0 spiro atoms. The summed E-state index contributed by atoms with van der Waals surface area (Å²) >= 11 is 0. The zero-order chi connectivity index (χ0) is 23.2. The Morgan fingerprint density at radius 3 is 2.50 bits per heavy atom. The Labute approximate surface area is 183 Å². The molecule has 0 saturated carbocycles. The van der Waals surface area contributed by atoms with Gasteiger partial charge in [-0.2, -0.15) is 0 Å². The molecule has 0 amide bonds. The summed E-state index contributed by atoms with van der Waals surface area (Å²) in [5.41, 5.74) is 1.73. The maximum absolute atomic E-state index is 13.9. The number of carbonyl (C=O) groups excluding carboxylic acids is 1. The summed E-state index contributed by atoms with van der Waals surface area (Å²) < 4.78 is 17.6. The van der Waals surface area contributed by atoms with Crippen LogP contribution in [0.1, 0.15) is 41.4 Å². The normalized spacial score (nSPS) is 11.4. The lowest BCUT2D eigenvalue weighted by molar-refractivity contribution is 0.0972. The highest BCUT2D eigenvalue weighted by Crippen LogP contribution is 2.17. The van der Waals surface area contributed by atoms with E-state index in [2.05, 4.69) is 4.98 Å². The first-order valence-corrected chi connectivity index (χ1v) is 10.3. The van der Waals surface area contributed by atoms with Gasteiger partial charge in [0.05, 0.1) is 18.6 Å². The molecule has 0 N–H and O–H groups in total. The summed E-state index contributed by atoms with van der Waals surface area (Å²) in [6, 6.07) is 10.6. The zero-order valence-corrected chi connectivity index (χ0v) is 18.3. The van der Waals surface area contributed by atoms with E-state index >= 15 is 0 Å². The second kappa shape index (κ2) is 8.03. The fourth-order valence-electron chi connectivity index (χ4n) is 3.94. The number of fused-ring (bicyclic) bond motifs is 1. The van der Waals surface area contributed by atoms with Crippen LogP contribution in [0.15, 0.2) is 58.4 Å². The van der Waals surface area contributed by atoms with Crippen molar-refractivity contribution in [1.29, 1.82) is 0 Å². The molecule has 0 aliphatic carbocycles. The third-order valence-electron chi connectivity index (χ3n) is 5.43. The number of carbonyl (C=O) groups is 1. The predicted molar refractivity (Wildman–Crippen MR) is 120 cm³/mol. The summed E-state index contributed by atoms with van der Waals surface area (Å²) in [5.74, 6) is -0.699. The van der Waals surface area contributed by atoms with Crippen molar-refractivity contribution in [1.82, 2.24) is 18.7 Å². The monoisotopic (exact) mass is 434 g/mol. The average Bonchev–Trinajstić information content (AvgIpc) is 3.11. The number of benzene rings is 2. The molecule has 7 nitrogen and oxygen atoms in total. The Morgan fingerprint density at radius 1 is 1.09 bits per heavy atom. The Bertz CT molecular complexity index is 1480. The van der Waals surface area contributed by atoms with Crippen LogP contribution in [0.4, 0.5) is 4.39 Å². The van der Waals surface area contributed by atoms with Gasteiger partial charge in [0, 0.05) is 11.6 Å². The van der Waals surface area contributed by atoms with E-state index in [1.165, 1.54) is 33.7 Å². The van der Waals surface area contributed by atoms with Crippen molar-refractivity contribution in [2.24, 2.45) is 0 Å². The van der Waals surface area contributed by atoms with Gasteiger partial charge in [-0.3, -0.25) is 14.2 Å². The molecule has 0 unspecified atom stereocenters. The van der Waals surface area contributed by atoms with Gasteiger partial charge in [0.25, 0.3) is 5.56 Å². The molecule has 0 saturated heterocycles. The fraction of sp³-hybridized carbons (Fsp3) is 0.250. The van der Waals surface area contributed by atoms with Gasteiger partial charge < -0.3 is 4.57 Å². The summed E-state index contributed by atoms with van der Waals surface area (Å²) in [7, 11) is 0. The molecule has 8 heteroatoms. The van der Waals surface area contributed by atoms with Crippen molar-refractivity contribution in [3.63, 3.8) is 0 Å². The highest BCUT2D eigenvalue weighted by Gasteiger charge is 2.22. The van der Waals surface area contributed by atoms with Gasteiger partial charge in [-0.15, -0.1) is 0 Å². The first kappa shape index (κ1) is 21.4. The quantitative estimate of drug-likeness (QED) is 0.450. The lowest BCUT2D eigenvalue weighted by Gasteiger charge is -2.15. The number of aryl methyl sites for hydroxylation is 2. The van der Waals surface area contributed by atoms with E-state index in [1.807, 2.05) is 26.0 Å². The lowest BCUT2D eigenvalue weighted by Crippen LogP contribution is -2.41. The Balaban J connectivity index is 1.94. The number of nitrogens with zero attached hydrogens (tertiary/aromatic N) is 4. The molecule has 32 heavy (non-hydrogen) atoms. The molecule has 4 rings (SSSR count). The van der Waals surface area contributed by atoms with Crippen molar-refractivity contribution in [3.8, 4) is 5.69 Å². The molecule has 2 aromatic heterocycles. The van der Waals surface area contributed by atoms with Crippen molar-refractivity contribution in [3.05, 3.63) is 92.1 Å². The number of Topliss-reactive ketones (excluding diaryl/α,β-unsaturated/α-hetero) is 1. The molecular formula is C24H23FN4O3. The summed E-state index contributed by atoms with van der Waals surface area (Å²) in [6.07, 6.45) is 1.37. The molecule has 2 aromatic carbocycles. The third-order valence-corrected chi connectivity index (χ3v) is 5.43. The van der Waals surface area contributed by atoms with Crippen molar-refractivity contribution >= 4 is 16.9 Å². The number of imidazole rings is 1. The van der Waals surface area contributed by atoms with Gasteiger partial charge in [0.1, 0.15) is 5.82 Å². The van der Waals surface area contributed by atoms with E-state index in [0.29, 0.717) is 5.56 Å². The van der Waals surface area contributed by atoms with Gasteiger partial charge in [-0.1, -0.05) is 29.8 Å². The summed E-state index contributed by atoms with van der Waals surface area (Å²) in [6.45, 7) is 7.12.